The standard InChI is InChI=1S/C14H21NO3/c1-3-15(10-9-14(16)17)13(11-18-2)12-7-5-4-6-8-12/h4-8,13H,3,9-11H2,1-2H3,(H,16,17). The second-order valence-corrected chi connectivity index (χ2v) is 4.15. The number of methoxy groups -OCH3 is 1. The van der Waals surface area contributed by atoms with Gasteiger partial charge in [-0.25, -0.2) is 0 Å². The zero-order valence-corrected chi connectivity index (χ0v) is 11.0. The second kappa shape index (κ2) is 7.84. The van der Waals surface area contributed by atoms with Crippen molar-refractivity contribution in [2.75, 3.05) is 26.8 Å². The lowest BCUT2D eigenvalue weighted by Crippen LogP contribution is -2.33. The van der Waals surface area contributed by atoms with E-state index in [0.29, 0.717) is 13.2 Å². The molecule has 0 aromatic heterocycles. The zero-order valence-electron chi connectivity index (χ0n) is 11.0. The quantitative estimate of drug-likeness (QED) is 0.769. The Morgan fingerprint density at radius 3 is 2.56 bits per heavy atom. The van der Waals surface area contributed by atoms with E-state index in [4.69, 9.17) is 9.84 Å². The van der Waals surface area contributed by atoms with Crippen LogP contribution in [-0.4, -0.2) is 42.8 Å². The van der Waals surface area contributed by atoms with E-state index in [1.165, 1.54) is 0 Å². The minimum atomic E-state index is -0.766. The first kappa shape index (κ1) is 14.7. The van der Waals surface area contributed by atoms with Gasteiger partial charge in [0.2, 0.25) is 0 Å². The Bertz CT molecular complexity index is 353. The molecule has 0 aliphatic carbocycles. The number of hydrogen-bond acceptors (Lipinski definition) is 3. The molecule has 0 radical (unpaired) electrons. The average Bonchev–Trinajstić information content (AvgIpc) is 2.39. The highest BCUT2D eigenvalue weighted by Crippen LogP contribution is 2.20. The van der Waals surface area contributed by atoms with Gasteiger partial charge in [-0.1, -0.05) is 37.3 Å². The van der Waals surface area contributed by atoms with Crippen molar-refractivity contribution in [3.63, 3.8) is 0 Å². The molecule has 0 saturated carbocycles. The summed E-state index contributed by atoms with van der Waals surface area (Å²) >= 11 is 0. The van der Waals surface area contributed by atoms with Crippen molar-refractivity contribution < 1.29 is 14.6 Å². The molecule has 0 heterocycles. The molecule has 0 bridgehead atoms. The highest BCUT2D eigenvalue weighted by atomic mass is 16.5. The summed E-state index contributed by atoms with van der Waals surface area (Å²) < 4.78 is 5.26. The number of ether oxygens (including phenoxy) is 1. The predicted octanol–water partition coefficient (Wildman–Crippen LogP) is 2.17. The van der Waals surface area contributed by atoms with E-state index in [2.05, 4.69) is 4.90 Å². The molecule has 1 aromatic carbocycles. The number of carbonyl (C=O) groups is 1. The first-order valence-corrected chi connectivity index (χ1v) is 6.18. The van der Waals surface area contributed by atoms with Crippen molar-refractivity contribution in [3.8, 4) is 0 Å². The van der Waals surface area contributed by atoms with Gasteiger partial charge in [-0.3, -0.25) is 9.69 Å². The van der Waals surface area contributed by atoms with Crippen molar-refractivity contribution in [1.29, 1.82) is 0 Å². The highest BCUT2D eigenvalue weighted by Gasteiger charge is 2.19. The maximum Gasteiger partial charge on any atom is 0.304 e. The molecule has 1 rings (SSSR count). The SMILES string of the molecule is CCN(CCC(=O)O)C(COC)c1ccccc1. The van der Waals surface area contributed by atoms with Crippen LogP contribution < -0.4 is 0 Å². The third-order valence-corrected chi connectivity index (χ3v) is 2.97. The molecule has 0 saturated heterocycles. The molecule has 100 valence electrons. The molecule has 4 nitrogen and oxygen atoms in total. The lowest BCUT2D eigenvalue weighted by Gasteiger charge is -2.30. The van der Waals surface area contributed by atoms with Crippen molar-refractivity contribution >= 4 is 5.97 Å². The van der Waals surface area contributed by atoms with E-state index < -0.39 is 5.97 Å². The third kappa shape index (κ3) is 4.47. The topological polar surface area (TPSA) is 49.8 Å². The van der Waals surface area contributed by atoms with E-state index in [1.807, 2.05) is 37.3 Å². The summed E-state index contributed by atoms with van der Waals surface area (Å²) in [6, 6.07) is 10.2. The number of likely N-dealkylation sites (N-methyl/N-ethyl adjacent to an activating group) is 1. The minimum Gasteiger partial charge on any atom is -0.481 e. The first-order chi connectivity index (χ1) is 8.69. The molecule has 0 spiro atoms. The summed E-state index contributed by atoms with van der Waals surface area (Å²) in [5.74, 6) is -0.766. The van der Waals surface area contributed by atoms with Crippen molar-refractivity contribution in [1.82, 2.24) is 4.90 Å². The number of aliphatic carboxylic acids is 1. The predicted molar refractivity (Wildman–Crippen MR) is 70.6 cm³/mol. The van der Waals surface area contributed by atoms with Crippen molar-refractivity contribution in [3.05, 3.63) is 35.9 Å². The molecule has 18 heavy (non-hydrogen) atoms. The molecular weight excluding hydrogens is 230 g/mol. The number of benzene rings is 1. The number of carboxylic acid groups (broad SMARTS) is 1. The summed E-state index contributed by atoms with van der Waals surface area (Å²) in [4.78, 5) is 12.8. The van der Waals surface area contributed by atoms with Crippen LogP contribution in [0.5, 0.6) is 0 Å². The molecule has 1 N–H and O–H groups in total. The van der Waals surface area contributed by atoms with Crippen LogP contribution in [0.3, 0.4) is 0 Å². The normalized spacial score (nSPS) is 12.6. The molecule has 1 aromatic rings. The third-order valence-electron chi connectivity index (χ3n) is 2.97. The van der Waals surface area contributed by atoms with E-state index in [9.17, 15) is 4.79 Å². The van der Waals surface area contributed by atoms with E-state index in [-0.39, 0.29) is 12.5 Å². The van der Waals surface area contributed by atoms with Gasteiger partial charge < -0.3 is 9.84 Å². The Morgan fingerprint density at radius 1 is 1.39 bits per heavy atom. The fourth-order valence-electron chi connectivity index (χ4n) is 2.02. The Morgan fingerprint density at radius 2 is 2.06 bits per heavy atom. The van der Waals surface area contributed by atoms with Crippen LogP contribution in [0.1, 0.15) is 24.9 Å². The van der Waals surface area contributed by atoms with Crippen LogP contribution in [0.2, 0.25) is 0 Å². The van der Waals surface area contributed by atoms with Gasteiger partial charge in [0.15, 0.2) is 0 Å². The Balaban J connectivity index is 2.78. The van der Waals surface area contributed by atoms with Crippen LogP contribution in [0.25, 0.3) is 0 Å². The van der Waals surface area contributed by atoms with Gasteiger partial charge in [0.25, 0.3) is 0 Å². The summed E-state index contributed by atoms with van der Waals surface area (Å²) in [5.41, 5.74) is 1.16. The van der Waals surface area contributed by atoms with Crippen LogP contribution in [0.15, 0.2) is 30.3 Å². The minimum absolute atomic E-state index is 0.112. The maximum atomic E-state index is 10.7. The summed E-state index contributed by atoms with van der Waals surface area (Å²) in [5, 5.41) is 8.78. The van der Waals surface area contributed by atoms with Crippen LogP contribution >= 0.6 is 0 Å². The van der Waals surface area contributed by atoms with Gasteiger partial charge in [-0.2, -0.15) is 0 Å². The highest BCUT2D eigenvalue weighted by molar-refractivity contribution is 5.66. The Labute approximate surface area is 108 Å². The molecule has 0 fully saturated rings. The van der Waals surface area contributed by atoms with Crippen molar-refractivity contribution in [2.45, 2.75) is 19.4 Å². The molecule has 0 aliphatic rings. The van der Waals surface area contributed by atoms with Gasteiger partial charge in [-0.15, -0.1) is 0 Å². The summed E-state index contributed by atoms with van der Waals surface area (Å²) in [6.07, 6.45) is 0.154. The second-order valence-electron chi connectivity index (χ2n) is 4.15. The Hall–Kier alpha value is -1.39. The van der Waals surface area contributed by atoms with Crippen LogP contribution in [0, 0.1) is 0 Å². The van der Waals surface area contributed by atoms with Gasteiger partial charge in [0.05, 0.1) is 19.1 Å². The average molecular weight is 251 g/mol. The molecule has 0 aliphatic heterocycles. The lowest BCUT2D eigenvalue weighted by molar-refractivity contribution is -0.137. The smallest absolute Gasteiger partial charge is 0.304 e. The van der Waals surface area contributed by atoms with Crippen LogP contribution in [-0.2, 0) is 9.53 Å². The fraction of sp³-hybridized carbons (Fsp3) is 0.500. The number of nitrogens with zero attached hydrogens (tertiary/aromatic N) is 1. The number of carboxylic acids is 1. The molecule has 0 amide bonds. The summed E-state index contributed by atoms with van der Waals surface area (Å²) in [6.45, 7) is 3.94. The maximum absolute atomic E-state index is 10.7. The first-order valence-electron chi connectivity index (χ1n) is 6.18. The number of rotatable bonds is 8. The van der Waals surface area contributed by atoms with Crippen LogP contribution in [0.4, 0.5) is 0 Å². The molecule has 4 heteroatoms. The van der Waals surface area contributed by atoms with E-state index >= 15 is 0 Å². The van der Waals surface area contributed by atoms with Crippen molar-refractivity contribution in [2.24, 2.45) is 0 Å². The lowest BCUT2D eigenvalue weighted by atomic mass is 10.1. The van der Waals surface area contributed by atoms with E-state index in [0.717, 1.165) is 12.1 Å². The summed E-state index contributed by atoms with van der Waals surface area (Å²) in [7, 11) is 1.67. The Kier molecular flexibility index (Phi) is 6.39. The van der Waals surface area contributed by atoms with Gasteiger partial charge in [0, 0.05) is 13.7 Å². The number of hydrogen-bond donors (Lipinski definition) is 1. The molecule has 1 atom stereocenters. The fourth-order valence-corrected chi connectivity index (χ4v) is 2.02. The largest absolute Gasteiger partial charge is 0.481 e. The monoisotopic (exact) mass is 251 g/mol. The van der Waals surface area contributed by atoms with E-state index in [1.54, 1.807) is 7.11 Å². The molecule has 1 unspecified atom stereocenters. The molecular formula is C14H21NO3. The van der Waals surface area contributed by atoms with Gasteiger partial charge in [-0.05, 0) is 12.1 Å². The zero-order chi connectivity index (χ0) is 13.4. The van der Waals surface area contributed by atoms with Gasteiger partial charge >= 0.3 is 5.97 Å². The van der Waals surface area contributed by atoms with Gasteiger partial charge in [0.1, 0.15) is 0 Å².